The zero-order chi connectivity index (χ0) is 12.6. The summed E-state index contributed by atoms with van der Waals surface area (Å²) in [6.45, 7) is 1.72. The summed E-state index contributed by atoms with van der Waals surface area (Å²) in [4.78, 5) is 4.58. The third-order valence-corrected chi connectivity index (χ3v) is 3.92. The van der Waals surface area contributed by atoms with Crippen LogP contribution in [0, 0.1) is 0 Å². The zero-order valence-corrected chi connectivity index (χ0v) is 11.6. The predicted molar refractivity (Wildman–Crippen MR) is 78.2 cm³/mol. The molecular weight excluding hydrogens is 244 g/mol. The molecule has 1 saturated heterocycles. The summed E-state index contributed by atoms with van der Waals surface area (Å²) < 4.78 is 5.02. The molecule has 2 rings (SSSR count). The van der Waals surface area contributed by atoms with E-state index in [1.165, 1.54) is 5.56 Å². The van der Waals surface area contributed by atoms with Crippen molar-refractivity contribution in [3.63, 3.8) is 0 Å². The SMILES string of the molecule is COCCCCN=C1NC(c2ccccc2)CS1. The number of rotatable bonds is 6. The first kappa shape index (κ1) is 13.4. The smallest absolute Gasteiger partial charge is 0.157 e. The maximum absolute atomic E-state index is 5.02. The molecule has 1 fully saturated rings. The van der Waals surface area contributed by atoms with Gasteiger partial charge >= 0.3 is 0 Å². The summed E-state index contributed by atoms with van der Waals surface area (Å²) in [6.07, 6.45) is 2.18. The fourth-order valence-corrected chi connectivity index (χ4v) is 2.90. The van der Waals surface area contributed by atoms with E-state index in [0.29, 0.717) is 6.04 Å². The van der Waals surface area contributed by atoms with Crippen LogP contribution < -0.4 is 5.32 Å². The molecule has 1 N–H and O–H groups in total. The molecule has 1 aliphatic rings. The topological polar surface area (TPSA) is 33.6 Å². The van der Waals surface area contributed by atoms with E-state index in [-0.39, 0.29) is 0 Å². The van der Waals surface area contributed by atoms with Crippen molar-refractivity contribution in [3.8, 4) is 0 Å². The summed E-state index contributed by atoms with van der Waals surface area (Å²) in [6, 6.07) is 11.0. The van der Waals surface area contributed by atoms with Gasteiger partial charge in [-0.15, -0.1) is 0 Å². The highest BCUT2D eigenvalue weighted by Crippen LogP contribution is 2.25. The molecule has 3 nitrogen and oxygen atoms in total. The first-order valence-electron chi connectivity index (χ1n) is 6.38. The quantitative estimate of drug-likeness (QED) is 0.802. The van der Waals surface area contributed by atoms with Gasteiger partial charge in [-0.05, 0) is 18.4 Å². The Labute approximate surface area is 113 Å². The lowest BCUT2D eigenvalue weighted by atomic mass is 10.1. The Balaban J connectivity index is 1.76. The van der Waals surface area contributed by atoms with Gasteiger partial charge in [0.25, 0.3) is 0 Å². The fourth-order valence-electron chi connectivity index (χ4n) is 1.89. The van der Waals surface area contributed by atoms with E-state index in [2.05, 4.69) is 40.6 Å². The summed E-state index contributed by atoms with van der Waals surface area (Å²) >= 11 is 1.82. The normalized spacial score (nSPS) is 21.2. The molecule has 1 atom stereocenters. The van der Waals surface area contributed by atoms with Crippen LogP contribution in [0.2, 0.25) is 0 Å². The summed E-state index contributed by atoms with van der Waals surface area (Å²) in [7, 11) is 1.74. The Hall–Kier alpha value is -1.00. The van der Waals surface area contributed by atoms with Crippen LogP contribution in [0.15, 0.2) is 35.3 Å². The standard InChI is InChI=1S/C14H20N2OS/c1-17-10-6-5-9-15-14-16-13(11-18-14)12-7-3-2-4-8-12/h2-4,7-8,13H,5-6,9-11H2,1H3,(H,15,16). The van der Waals surface area contributed by atoms with Crippen LogP contribution in [0.25, 0.3) is 0 Å². The van der Waals surface area contributed by atoms with Crippen molar-refractivity contribution in [1.82, 2.24) is 5.32 Å². The summed E-state index contributed by atoms with van der Waals surface area (Å²) in [5.41, 5.74) is 1.34. The highest BCUT2D eigenvalue weighted by molar-refractivity contribution is 8.14. The van der Waals surface area contributed by atoms with Gasteiger partial charge in [0.2, 0.25) is 0 Å². The number of methoxy groups -OCH3 is 1. The fraction of sp³-hybridized carbons (Fsp3) is 0.500. The molecular formula is C14H20N2OS. The molecule has 1 aliphatic heterocycles. The van der Waals surface area contributed by atoms with Gasteiger partial charge in [0.15, 0.2) is 5.17 Å². The highest BCUT2D eigenvalue weighted by atomic mass is 32.2. The summed E-state index contributed by atoms with van der Waals surface area (Å²) in [5, 5.41) is 4.56. The van der Waals surface area contributed by atoms with Crippen LogP contribution in [-0.2, 0) is 4.74 Å². The number of hydrogen-bond acceptors (Lipinski definition) is 3. The van der Waals surface area contributed by atoms with Gasteiger partial charge < -0.3 is 10.1 Å². The van der Waals surface area contributed by atoms with Crippen molar-refractivity contribution in [2.24, 2.45) is 4.99 Å². The molecule has 0 bridgehead atoms. The van der Waals surface area contributed by atoms with Gasteiger partial charge in [0, 0.05) is 26.0 Å². The van der Waals surface area contributed by atoms with Gasteiger partial charge in [0.05, 0.1) is 6.04 Å². The number of nitrogens with one attached hydrogen (secondary N) is 1. The lowest BCUT2D eigenvalue weighted by Gasteiger charge is -2.09. The Morgan fingerprint density at radius 2 is 2.17 bits per heavy atom. The minimum absolute atomic E-state index is 0.411. The Kier molecular flexibility index (Phi) is 5.55. The van der Waals surface area contributed by atoms with Crippen LogP contribution in [0.3, 0.4) is 0 Å². The van der Waals surface area contributed by atoms with E-state index >= 15 is 0 Å². The van der Waals surface area contributed by atoms with Gasteiger partial charge in [-0.1, -0.05) is 42.1 Å². The second-order valence-electron chi connectivity index (χ2n) is 4.31. The van der Waals surface area contributed by atoms with Crippen molar-refractivity contribution in [3.05, 3.63) is 35.9 Å². The molecule has 0 aliphatic carbocycles. The number of hydrogen-bond donors (Lipinski definition) is 1. The molecule has 0 spiro atoms. The van der Waals surface area contributed by atoms with Gasteiger partial charge in [-0.2, -0.15) is 0 Å². The number of benzene rings is 1. The highest BCUT2D eigenvalue weighted by Gasteiger charge is 2.20. The number of nitrogens with zero attached hydrogens (tertiary/aromatic N) is 1. The molecule has 0 radical (unpaired) electrons. The van der Waals surface area contributed by atoms with Crippen LogP contribution in [-0.4, -0.2) is 31.2 Å². The van der Waals surface area contributed by atoms with E-state index in [0.717, 1.165) is 36.9 Å². The number of unbranched alkanes of at least 4 members (excludes halogenated alkanes) is 1. The van der Waals surface area contributed by atoms with E-state index < -0.39 is 0 Å². The minimum atomic E-state index is 0.411. The second-order valence-corrected chi connectivity index (χ2v) is 5.31. The molecule has 1 aromatic carbocycles. The Morgan fingerprint density at radius 3 is 2.94 bits per heavy atom. The van der Waals surface area contributed by atoms with Crippen molar-refractivity contribution < 1.29 is 4.74 Å². The molecule has 18 heavy (non-hydrogen) atoms. The first-order chi connectivity index (χ1) is 8.90. The van der Waals surface area contributed by atoms with Crippen LogP contribution >= 0.6 is 11.8 Å². The maximum atomic E-state index is 5.02. The lowest BCUT2D eigenvalue weighted by Crippen LogP contribution is -2.19. The average Bonchev–Trinajstić information content (AvgIpc) is 2.88. The average molecular weight is 264 g/mol. The molecule has 0 saturated carbocycles. The van der Waals surface area contributed by atoms with Crippen molar-refractivity contribution in [1.29, 1.82) is 0 Å². The number of ether oxygens (including phenoxy) is 1. The van der Waals surface area contributed by atoms with E-state index in [4.69, 9.17) is 4.74 Å². The van der Waals surface area contributed by atoms with Crippen molar-refractivity contribution in [2.45, 2.75) is 18.9 Å². The van der Waals surface area contributed by atoms with E-state index in [9.17, 15) is 0 Å². The molecule has 1 unspecified atom stereocenters. The van der Waals surface area contributed by atoms with Crippen LogP contribution in [0.1, 0.15) is 24.4 Å². The largest absolute Gasteiger partial charge is 0.385 e. The third kappa shape index (κ3) is 4.03. The monoisotopic (exact) mass is 264 g/mol. The zero-order valence-electron chi connectivity index (χ0n) is 10.8. The molecule has 1 aromatic rings. The van der Waals surface area contributed by atoms with Gasteiger partial charge in [0.1, 0.15) is 0 Å². The van der Waals surface area contributed by atoms with E-state index in [1.54, 1.807) is 7.11 Å². The van der Waals surface area contributed by atoms with E-state index in [1.807, 2.05) is 11.8 Å². The summed E-state index contributed by atoms with van der Waals surface area (Å²) in [5.74, 6) is 1.07. The number of thioether (sulfide) groups is 1. The third-order valence-electron chi connectivity index (χ3n) is 2.90. The predicted octanol–water partition coefficient (Wildman–Crippen LogP) is 2.85. The maximum Gasteiger partial charge on any atom is 0.157 e. The van der Waals surface area contributed by atoms with Crippen LogP contribution in [0.5, 0.6) is 0 Å². The Morgan fingerprint density at radius 1 is 1.33 bits per heavy atom. The first-order valence-corrected chi connectivity index (χ1v) is 7.36. The minimum Gasteiger partial charge on any atom is -0.385 e. The Bertz CT molecular complexity index is 381. The lowest BCUT2D eigenvalue weighted by molar-refractivity contribution is 0.193. The number of aliphatic imine (C=N–C) groups is 1. The van der Waals surface area contributed by atoms with Crippen molar-refractivity contribution in [2.75, 3.05) is 26.0 Å². The molecule has 98 valence electrons. The molecule has 1 heterocycles. The molecule has 0 amide bonds. The van der Waals surface area contributed by atoms with Crippen molar-refractivity contribution >= 4 is 16.9 Å². The van der Waals surface area contributed by atoms with Gasteiger partial charge in [-0.25, -0.2) is 0 Å². The van der Waals surface area contributed by atoms with Crippen LogP contribution in [0.4, 0.5) is 0 Å². The molecule has 4 heteroatoms. The second kappa shape index (κ2) is 7.44. The number of amidine groups is 1. The van der Waals surface area contributed by atoms with Gasteiger partial charge in [-0.3, -0.25) is 4.99 Å². The molecule has 0 aromatic heterocycles.